The molecule has 1 aromatic carbocycles. The number of rotatable bonds is 8. The Hall–Kier alpha value is -4.55. The summed E-state index contributed by atoms with van der Waals surface area (Å²) in [7, 11) is 1.52. The number of halogens is 2. The Bertz CT molecular complexity index is 1870. The van der Waals surface area contributed by atoms with Crippen molar-refractivity contribution in [1.82, 2.24) is 29.9 Å². The molecule has 9 nitrogen and oxygen atoms in total. The van der Waals surface area contributed by atoms with E-state index in [2.05, 4.69) is 16.8 Å². The van der Waals surface area contributed by atoms with Crippen LogP contribution in [0, 0.1) is 18.6 Å². The minimum Gasteiger partial charge on any atom is -0.490 e. The summed E-state index contributed by atoms with van der Waals surface area (Å²) in [6.45, 7) is 8.54. The molecular weight excluding hydrogens is 574 g/mol. The molecular formula is C31H28F2N6O3S. The molecule has 0 fully saturated rings. The number of pyridine rings is 1. The molecule has 0 saturated heterocycles. The molecule has 220 valence electrons. The number of carbonyl (C=O) groups excluding carboxylic acids is 1. The van der Waals surface area contributed by atoms with Crippen LogP contribution in [0.3, 0.4) is 0 Å². The molecule has 1 aliphatic rings. The summed E-state index contributed by atoms with van der Waals surface area (Å²) in [5.74, 6) is -1.70. The number of benzene rings is 1. The Kier molecular flexibility index (Phi) is 7.72. The zero-order valence-electron chi connectivity index (χ0n) is 23.8. The quantitative estimate of drug-likeness (QED) is 0.159. The maximum Gasteiger partial charge on any atom is 0.246 e. The topological polar surface area (TPSA) is 95.3 Å². The average Bonchev–Trinajstić information content (AvgIpc) is 3.64. The van der Waals surface area contributed by atoms with Crippen molar-refractivity contribution >= 4 is 27.3 Å². The standard InChI is InChI=1S/C31H28F2N6O3S/c1-5-26(40)38-15-18(3)39-21(16-38)13-24(37-39)30-28(27-23(33)11-20(32)12-25(27)42-8-7-41-4)31-22(6-9-43-31)29(35-30)19-10-17(2)36-34-14-19/h5-6,9-14,18H,1,7-8,15-16H2,2-4H3. The molecule has 0 radical (unpaired) electrons. The van der Waals surface area contributed by atoms with Gasteiger partial charge in [-0.2, -0.15) is 15.3 Å². The van der Waals surface area contributed by atoms with E-state index < -0.39 is 11.6 Å². The maximum atomic E-state index is 15.9. The van der Waals surface area contributed by atoms with Gasteiger partial charge in [-0.05, 0) is 43.5 Å². The third-order valence-corrected chi connectivity index (χ3v) is 8.20. The number of ether oxygens (including phenoxy) is 2. The van der Waals surface area contributed by atoms with E-state index in [4.69, 9.17) is 19.6 Å². The van der Waals surface area contributed by atoms with Gasteiger partial charge in [0.2, 0.25) is 5.91 Å². The predicted octanol–water partition coefficient (Wildman–Crippen LogP) is 5.98. The highest BCUT2D eigenvalue weighted by Gasteiger charge is 2.30. The van der Waals surface area contributed by atoms with E-state index in [-0.39, 0.29) is 36.5 Å². The number of hydrogen-bond acceptors (Lipinski definition) is 8. The molecule has 4 aromatic heterocycles. The van der Waals surface area contributed by atoms with Crippen molar-refractivity contribution in [2.45, 2.75) is 26.4 Å². The van der Waals surface area contributed by atoms with E-state index in [1.54, 1.807) is 11.1 Å². The van der Waals surface area contributed by atoms with Crippen LogP contribution in [-0.2, 0) is 16.1 Å². The molecule has 1 aliphatic heterocycles. The number of thiophene rings is 1. The predicted molar refractivity (Wildman–Crippen MR) is 160 cm³/mol. The van der Waals surface area contributed by atoms with Crippen molar-refractivity contribution in [2.75, 3.05) is 26.9 Å². The Balaban J connectivity index is 1.64. The molecule has 0 aliphatic carbocycles. The van der Waals surface area contributed by atoms with Crippen LogP contribution in [0.25, 0.3) is 43.9 Å². The zero-order chi connectivity index (χ0) is 30.2. The van der Waals surface area contributed by atoms with Crippen molar-refractivity contribution in [3.8, 4) is 39.5 Å². The van der Waals surface area contributed by atoms with E-state index >= 15 is 4.39 Å². The van der Waals surface area contributed by atoms with Crippen LogP contribution < -0.4 is 4.74 Å². The first-order valence-electron chi connectivity index (χ1n) is 13.6. The molecule has 0 N–H and O–H groups in total. The number of fused-ring (bicyclic) bond motifs is 2. The Morgan fingerprint density at radius 2 is 2.02 bits per heavy atom. The number of carbonyl (C=O) groups is 1. The van der Waals surface area contributed by atoms with Gasteiger partial charge in [-0.3, -0.25) is 9.48 Å². The number of hydrogen-bond donors (Lipinski definition) is 0. The number of nitrogens with zero attached hydrogens (tertiary/aromatic N) is 6. The van der Waals surface area contributed by atoms with E-state index in [0.29, 0.717) is 41.4 Å². The summed E-state index contributed by atoms with van der Waals surface area (Å²) in [6.07, 6.45) is 2.93. The van der Waals surface area contributed by atoms with Gasteiger partial charge in [-0.25, -0.2) is 13.8 Å². The van der Waals surface area contributed by atoms with Gasteiger partial charge in [0, 0.05) is 47.0 Å². The Morgan fingerprint density at radius 3 is 2.79 bits per heavy atom. The van der Waals surface area contributed by atoms with Gasteiger partial charge in [-0.15, -0.1) is 11.3 Å². The van der Waals surface area contributed by atoms with Crippen molar-refractivity contribution in [1.29, 1.82) is 0 Å². The Morgan fingerprint density at radius 1 is 1.19 bits per heavy atom. The molecule has 1 atom stereocenters. The van der Waals surface area contributed by atoms with Gasteiger partial charge in [0.25, 0.3) is 0 Å². The number of aryl methyl sites for hydroxylation is 1. The van der Waals surface area contributed by atoms with Crippen LogP contribution in [0.4, 0.5) is 8.78 Å². The van der Waals surface area contributed by atoms with Gasteiger partial charge >= 0.3 is 0 Å². The summed E-state index contributed by atoms with van der Waals surface area (Å²) < 4.78 is 44.0. The minimum absolute atomic E-state index is 0.0292. The van der Waals surface area contributed by atoms with Crippen molar-refractivity contribution in [3.05, 3.63) is 77.6 Å². The first-order valence-corrected chi connectivity index (χ1v) is 14.5. The second kappa shape index (κ2) is 11.6. The first-order chi connectivity index (χ1) is 20.8. The zero-order valence-corrected chi connectivity index (χ0v) is 24.6. The molecule has 12 heteroatoms. The lowest BCUT2D eigenvalue weighted by molar-refractivity contribution is -0.127. The van der Waals surface area contributed by atoms with Crippen LogP contribution >= 0.6 is 11.3 Å². The summed E-state index contributed by atoms with van der Waals surface area (Å²) in [4.78, 5) is 19.3. The van der Waals surface area contributed by atoms with Crippen LogP contribution in [0.15, 0.2) is 54.6 Å². The molecule has 1 amide bonds. The fraction of sp³-hybridized carbons (Fsp3) is 0.258. The fourth-order valence-corrected chi connectivity index (χ4v) is 6.36. The molecule has 1 unspecified atom stereocenters. The normalized spacial score (nSPS) is 14.6. The van der Waals surface area contributed by atoms with Crippen molar-refractivity contribution in [2.24, 2.45) is 0 Å². The average molecular weight is 603 g/mol. The largest absolute Gasteiger partial charge is 0.490 e. The molecule has 43 heavy (non-hydrogen) atoms. The number of methoxy groups -OCH3 is 1. The van der Waals surface area contributed by atoms with Gasteiger partial charge in [-0.1, -0.05) is 6.58 Å². The highest BCUT2D eigenvalue weighted by Crippen LogP contribution is 2.47. The van der Waals surface area contributed by atoms with Crippen molar-refractivity contribution < 1.29 is 23.0 Å². The van der Waals surface area contributed by atoms with E-state index in [1.807, 2.05) is 42.1 Å². The lowest BCUT2D eigenvalue weighted by Crippen LogP contribution is -2.39. The summed E-state index contributed by atoms with van der Waals surface area (Å²) in [5.41, 5.74) is 4.24. The molecule has 6 rings (SSSR count). The second-order valence-electron chi connectivity index (χ2n) is 10.3. The third-order valence-electron chi connectivity index (χ3n) is 7.27. The van der Waals surface area contributed by atoms with Gasteiger partial charge < -0.3 is 14.4 Å². The smallest absolute Gasteiger partial charge is 0.246 e. The lowest BCUT2D eigenvalue weighted by atomic mass is 9.96. The summed E-state index contributed by atoms with van der Waals surface area (Å²) >= 11 is 1.41. The highest BCUT2D eigenvalue weighted by molar-refractivity contribution is 7.18. The van der Waals surface area contributed by atoms with E-state index in [0.717, 1.165) is 27.4 Å². The number of amides is 1. The maximum absolute atomic E-state index is 15.9. The van der Waals surface area contributed by atoms with Crippen LogP contribution in [0.1, 0.15) is 24.4 Å². The first kappa shape index (κ1) is 28.6. The van der Waals surface area contributed by atoms with E-state index in [9.17, 15) is 9.18 Å². The molecule has 0 bridgehead atoms. The van der Waals surface area contributed by atoms with Crippen LogP contribution in [-0.4, -0.2) is 62.6 Å². The third kappa shape index (κ3) is 5.28. The second-order valence-corrected chi connectivity index (χ2v) is 11.2. The Labute approximate surface area is 250 Å². The van der Waals surface area contributed by atoms with Gasteiger partial charge in [0.05, 0.1) is 48.0 Å². The van der Waals surface area contributed by atoms with Crippen molar-refractivity contribution in [3.63, 3.8) is 0 Å². The van der Waals surface area contributed by atoms with E-state index in [1.165, 1.54) is 30.6 Å². The number of aromatic nitrogens is 5. The van der Waals surface area contributed by atoms with Crippen LogP contribution in [0.5, 0.6) is 5.75 Å². The van der Waals surface area contributed by atoms with Crippen LogP contribution in [0.2, 0.25) is 0 Å². The SMILES string of the molecule is C=CC(=O)N1Cc2cc(-c3nc(-c4cnnc(C)c4)c4ccsc4c3-c3c(F)cc(F)cc3OCCOC)nn2C(C)C1. The molecule has 0 saturated carbocycles. The lowest BCUT2D eigenvalue weighted by Gasteiger charge is -2.31. The minimum atomic E-state index is -0.792. The summed E-state index contributed by atoms with van der Waals surface area (Å²) in [6, 6.07) is 7.53. The van der Waals surface area contributed by atoms with Gasteiger partial charge in [0.15, 0.2) is 0 Å². The monoisotopic (exact) mass is 602 g/mol. The highest BCUT2D eigenvalue weighted by atomic mass is 32.1. The van der Waals surface area contributed by atoms with Gasteiger partial charge in [0.1, 0.15) is 35.4 Å². The molecule has 5 aromatic rings. The molecule has 5 heterocycles. The fourth-order valence-electron chi connectivity index (χ4n) is 5.41. The molecule has 0 spiro atoms. The summed E-state index contributed by atoms with van der Waals surface area (Å²) in [5, 5.41) is 15.8.